The Morgan fingerprint density at radius 3 is 1.88 bits per heavy atom. The molecular formula is C23H27N3O7. The SMILES string of the molecule is C[C@@H](O)[C@H](NC(=O)OCc1ccccc1)C(=O)N[C@H](CC(=O)OCc1ccccc1)C(N)=O. The molecule has 0 unspecified atom stereocenters. The number of hydrogen-bond donors (Lipinski definition) is 4. The van der Waals surface area contributed by atoms with Gasteiger partial charge in [-0.1, -0.05) is 60.7 Å². The maximum atomic E-state index is 12.6. The van der Waals surface area contributed by atoms with E-state index in [-0.39, 0.29) is 13.2 Å². The quantitative estimate of drug-likeness (QED) is 0.363. The van der Waals surface area contributed by atoms with Gasteiger partial charge in [-0.05, 0) is 18.1 Å². The van der Waals surface area contributed by atoms with Gasteiger partial charge in [-0.2, -0.15) is 0 Å². The molecule has 2 aromatic carbocycles. The van der Waals surface area contributed by atoms with E-state index in [1.807, 2.05) is 12.1 Å². The van der Waals surface area contributed by atoms with E-state index in [2.05, 4.69) is 10.6 Å². The molecule has 2 rings (SSSR count). The van der Waals surface area contributed by atoms with E-state index in [9.17, 15) is 24.3 Å². The fraction of sp³-hybridized carbons (Fsp3) is 0.304. The molecule has 0 heterocycles. The van der Waals surface area contributed by atoms with E-state index in [0.29, 0.717) is 0 Å². The molecule has 3 amide bonds. The third kappa shape index (κ3) is 8.99. The van der Waals surface area contributed by atoms with Crippen molar-refractivity contribution < 1.29 is 33.8 Å². The summed E-state index contributed by atoms with van der Waals surface area (Å²) < 4.78 is 10.1. The van der Waals surface area contributed by atoms with Crippen LogP contribution in [-0.2, 0) is 37.1 Å². The highest BCUT2D eigenvalue weighted by Crippen LogP contribution is 2.05. The Kier molecular flexibility index (Phi) is 9.84. The van der Waals surface area contributed by atoms with Crippen LogP contribution in [0.5, 0.6) is 0 Å². The number of aliphatic hydroxyl groups is 1. The van der Waals surface area contributed by atoms with Gasteiger partial charge in [0.15, 0.2) is 0 Å². The lowest BCUT2D eigenvalue weighted by atomic mass is 10.1. The molecule has 0 fully saturated rings. The van der Waals surface area contributed by atoms with Crippen molar-refractivity contribution in [1.82, 2.24) is 10.6 Å². The van der Waals surface area contributed by atoms with Crippen molar-refractivity contribution in [2.75, 3.05) is 0 Å². The first-order valence-electron chi connectivity index (χ1n) is 10.2. The van der Waals surface area contributed by atoms with Crippen LogP contribution >= 0.6 is 0 Å². The Hall–Kier alpha value is -3.92. The molecule has 0 bridgehead atoms. The van der Waals surface area contributed by atoms with E-state index in [4.69, 9.17) is 15.2 Å². The van der Waals surface area contributed by atoms with Gasteiger partial charge in [-0.25, -0.2) is 4.79 Å². The number of ether oxygens (including phenoxy) is 2. The van der Waals surface area contributed by atoms with Gasteiger partial charge in [-0.3, -0.25) is 14.4 Å². The Morgan fingerprint density at radius 1 is 0.879 bits per heavy atom. The van der Waals surface area contributed by atoms with Crippen molar-refractivity contribution in [1.29, 1.82) is 0 Å². The lowest BCUT2D eigenvalue weighted by Crippen LogP contribution is -2.57. The molecule has 5 N–H and O–H groups in total. The number of esters is 1. The van der Waals surface area contributed by atoms with Gasteiger partial charge in [0.05, 0.1) is 12.5 Å². The van der Waals surface area contributed by atoms with Crippen LogP contribution in [0.25, 0.3) is 0 Å². The molecule has 10 heteroatoms. The molecule has 10 nitrogen and oxygen atoms in total. The average molecular weight is 457 g/mol. The summed E-state index contributed by atoms with van der Waals surface area (Å²) in [5.41, 5.74) is 6.77. The molecule has 0 saturated carbocycles. The molecule has 176 valence electrons. The lowest BCUT2D eigenvalue weighted by Gasteiger charge is -2.23. The Bertz CT molecular complexity index is 936. The van der Waals surface area contributed by atoms with Crippen LogP contribution in [0.4, 0.5) is 4.79 Å². The van der Waals surface area contributed by atoms with Gasteiger partial charge in [0.25, 0.3) is 0 Å². The topological polar surface area (TPSA) is 157 Å². The average Bonchev–Trinajstić information content (AvgIpc) is 2.80. The number of hydrogen-bond acceptors (Lipinski definition) is 7. The fourth-order valence-corrected chi connectivity index (χ4v) is 2.74. The van der Waals surface area contributed by atoms with Gasteiger partial charge < -0.3 is 30.9 Å². The third-order valence-electron chi connectivity index (χ3n) is 4.52. The lowest BCUT2D eigenvalue weighted by molar-refractivity contribution is -0.147. The molecule has 0 spiro atoms. The zero-order chi connectivity index (χ0) is 24.2. The Labute approximate surface area is 191 Å². The molecule has 33 heavy (non-hydrogen) atoms. The van der Waals surface area contributed by atoms with Crippen LogP contribution in [0.1, 0.15) is 24.5 Å². The summed E-state index contributed by atoms with van der Waals surface area (Å²) in [6.07, 6.45) is -2.79. The number of nitrogens with one attached hydrogen (secondary N) is 2. The Balaban J connectivity index is 1.89. The fourth-order valence-electron chi connectivity index (χ4n) is 2.74. The van der Waals surface area contributed by atoms with Crippen molar-refractivity contribution in [2.45, 2.75) is 44.7 Å². The van der Waals surface area contributed by atoms with Crippen molar-refractivity contribution in [2.24, 2.45) is 5.73 Å². The second kappa shape index (κ2) is 12.8. The second-order valence-corrected chi connectivity index (χ2v) is 7.24. The van der Waals surface area contributed by atoms with Crippen molar-refractivity contribution in [3.63, 3.8) is 0 Å². The number of aliphatic hydroxyl groups excluding tert-OH is 1. The molecular weight excluding hydrogens is 430 g/mol. The number of benzene rings is 2. The minimum Gasteiger partial charge on any atom is -0.461 e. The van der Waals surface area contributed by atoms with E-state index in [1.54, 1.807) is 48.5 Å². The van der Waals surface area contributed by atoms with E-state index in [1.165, 1.54) is 6.92 Å². The molecule has 0 aliphatic heterocycles. The van der Waals surface area contributed by atoms with Crippen molar-refractivity contribution in [3.05, 3.63) is 71.8 Å². The second-order valence-electron chi connectivity index (χ2n) is 7.24. The van der Waals surface area contributed by atoms with Crippen LogP contribution < -0.4 is 16.4 Å². The number of carbonyl (C=O) groups excluding carboxylic acids is 4. The molecule has 2 aromatic rings. The number of carbonyl (C=O) groups is 4. The molecule has 0 saturated heterocycles. The van der Waals surface area contributed by atoms with Gasteiger partial charge >= 0.3 is 12.1 Å². The highest BCUT2D eigenvalue weighted by molar-refractivity contribution is 5.93. The minimum atomic E-state index is -1.45. The summed E-state index contributed by atoms with van der Waals surface area (Å²) in [5.74, 6) is -2.65. The van der Waals surface area contributed by atoms with E-state index >= 15 is 0 Å². The maximum Gasteiger partial charge on any atom is 0.408 e. The predicted octanol–water partition coefficient (Wildman–Crippen LogP) is 0.766. The van der Waals surface area contributed by atoms with Crippen LogP contribution in [0.15, 0.2) is 60.7 Å². The number of alkyl carbamates (subject to hydrolysis) is 1. The predicted molar refractivity (Wildman–Crippen MR) is 117 cm³/mol. The Morgan fingerprint density at radius 2 is 1.39 bits per heavy atom. The van der Waals surface area contributed by atoms with Gasteiger partial charge in [-0.15, -0.1) is 0 Å². The van der Waals surface area contributed by atoms with Crippen LogP contribution in [0.2, 0.25) is 0 Å². The molecule has 0 radical (unpaired) electrons. The van der Waals surface area contributed by atoms with Crippen molar-refractivity contribution in [3.8, 4) is 0 Å². The first-order valence-corrected chi connectivity index (χ1v) is 10.2. The normalized spacial score (nSPS) is 13.2. The minimum absolute atomic E-state index is 0.00971. The summed E-state index contributed by atoms with van der Waals surface area (Å²) in [4.78, 5) is 48.5. The maximum absolute atomic E-state index is 12.6. The summed E-state index contributed by atoms with van der Waals surface area (Å²) in [7, 11) is 0. The first kappa shape index (κ1) is 25.3. The largest absolute Gasteiger partial charge is 0.461 e. The van der Waals surface area contributed by atoms with Gasteiger partial charge in [0, 0.05) is 0 Å². The standard InChI is InChI=1S/C23H27N3O7/c1-15(27)20(26-23(31)33-14-17-10-6-3-7-11-17)22(30)25-18(21(24)29)12-19(28)32-13-16-8-4-2-5-9-16/h2-11,15,18,20,27H,12-14H2,1H3,(H2,24,29)(H,25,30)(H,26,31)/t15-,18-,20+/m1/s1. The monoisotopic (exact) mass is 457 g/mol. The van der Waals surface area contributed by atoms with Crippen molar-refractivity contribution >= 4 is 23.9 Å². The highest BCUT2D eigenvalue weighted by Gasteiger charge is 2.30. The van der Waals surface area contributed by atoms with Crippen LogP contribution in [0, 0.1) is 0 Å². The summed E-state index contributed by atoms with van der Waals surface area (Å²) in [5, 5.41) is 14.4. The molecule has 0 aliphatic carbocycles. The van der Waals surface area contributed by atoms with Gasteiger partial charge in [0.2, 0.25) is 11.8 Å². The van der Waals surface area contributed by atoms with Gasteiger partial charge in [0.1, 0.15) is 25.3 Å². The molecule has 0 aromatic heterocycles. The smallest absolute Gasteiger partial charge is 0.408 e. The number of nitrogens with two attached hydrogens (primary N) is 1. The van der Waals surface area contributed by atoms with Crippen LogP contribution in [-0.4, -0.2) is 47.2 Å². The zero-order valence-corrected chi connectivity index (χ0v) is 18.1. The van der Waals surface area contributed by atoms with E-state index < -0.39 is 48.5 Å². The molecule has 0 aliphatic rings. The molecule has 3 atom stereocenters. The summed E-state index contributed by atoms with van der Waals surface area (Å²) >= 11 is 0. The third-order valence-corrected chi connectivity index (χ3v) is 4.52. The summed E-state index contributed by atoms with van der Waals surface area (Å²) in [6.45, 7) is 1.22. The first-order chi connectivity index (χ1) is 15.8. The summed E-state index contributed by atoms with van der Waals surface area (Å²) in [6, 6.07) is 14.9. The van der Waals surface area contributed by atoms with Crippen LogP contribution in [0.3, 0.4) is 0 Å². The van der Waals surface area contributed by atoms with E-state index in [0.717, 1.165) is 11.1 Å². The zero-order valence-electron chi connectivity index (χ0n) is 18.1. The number of rotatable bonds is 11. The highest BCUT2D eigenvalue weighted by atomic mass is 16.5. The number of amides is 3. The number of primary amides is 1.